The summed E-state index contributed by atoms with van der Waals surface area (Å²) in [6.07, 6.45) is 9.34. The van der Waals surface area contributed by atoms with Crippen molar-refractivity contribution in [1.82, 2.24) is 0 Å². The molecule has 0 saturated heterocycles. The highest BCUT2D eigenvalue weighted by Crippen LogP contribution is 2.37. The summed E-state index contributed by atoms with van der Waals surface area (Å²) in [5, 5.41) is 19.0. The van der Waals surface area contributed by atoms with E-state index in [0.29, 0.717) is 22.9 Å². The molecule has 1 N–H and O–H groups in total. The molecule has 2 aromatic rings. The number of fused-ring (bicyclic) bond motifs is 1. The van der Waals surface area contributed by atoms with Crippen LogP contribution < -0.4 is 4.90 Å². The van der Waals surface area contributed by atoms with E-state index in [4.69, 9.17) is 11.6 Å². The van der Waals surface area contributed by atoms with Crippen LogP contribution in [0.3, 0.4) is 0 Å². The Morgan fingerprint density at radius 3 is 2.60 bits per heavy atom. The highest BCUT2D eigenvalue weighted by Gasteiger charge is 2.22. The summed E-state index contributed by atoms with van der Waals surface area (Å²) in [5.41, 5.74) is 7.34. The Kier molecular flexibility index (Phi) is 7.78. The molecule has 2 aromatic carbocycles. The predicted molar refractivity (Wildman–Crippen MR) is 143 cm³/mol. The number of nitrogens with zero attached hydrogens (tertiary/aromatic N) is 2. The largest absolute Gasteiger partial charge is 0.477 e. The molecule has 1 atom stereocenters. The number of hydrogen-bond acceptors (Lipinski definition) is 3. The fourth-order valence-corrected chi connectivity index (χ4v) is 5.26. The zero-order valence-electron chi connectivity index (χ0n) is 20.4. The maximum absolute atomic E-state index is 11.4. The average molecular weight is 487 g/mol. The van der Waals surface area contributed by atoms with Gasteiger partial charge in [0.15, 0.2) is 0 Å². The van der Waals surface area contributed by atoms with Crippen LogP contribution in [-0.4, -0.2) is 17.6 Å². The number of nitriles is 1. The van der Waals surface area contributed by atoms with Crippen LogP contribution in [0.5, 0.6) is 0 Å². The highest BCUT2D eigenvalue weighted by molar-refractivity contribution is 6.33. The van der Waals surface area contributed by atoms with E-state index in [0.717, 1.165) is 49.8 Å². The van der Waals surface area contributed by atoms with Gasteiger partial charge in [-0.15, -0.1) is 0 Å². The smallest absolute Gasteiger partial charge is 0.346 e. The number of benzene rings is 2. The summed E-state index contributed by atoms with van der Waals surface area (Å²) >= 11 is 6.52. The standard InChI is InChI=1S/C30H31ClN2O2/c1-3-20(2)22-12-14-25(15-13-22)33-17-5-7-24-18-21(10-16-28(24)33)9-11-23-6-4-8-26(29(23)31)27(19-32)30(34)35/h9-16,18,20H,3-8,17H2,1-2H3,(H,34,35)/b11-9+,27-26+. The molecule has 0 aromatic heterocycles. The van der Waals surface area contributed by atoms with Crippen molar-refractivity contribution in [3.63, 3.8) is 0 Å². The maximum Gasteiger partial charge on any atom is 0.346 e. The molecule has 1 aliphatic heterocycles. The topological polar surface area (TPSA) is 64.3 Å². The molecular weight excluding hydrogens is 456 g/mol. The number of rotatable bonds is 6. The van der Waals surface area contributed by atoms with Crippen LogP contribution >= 0.6 is 11.6 Å². The summed E-state index contributed by atoms with van der Waals surface area (Å²) in [4.78, 5) is 13.8. The molecule has 4 rings (SSSR count). The number of carbonyl (C=O) groups is 1. The van der Waals surface area contributed by atoms with E-state index in [1.165, 1.54) is 22.5 Å². The van der Waals surface area contributed by atoms with E-state index < -0.39 is 5.97 Å². The molecule has 5 heteroatoms. The van der Waals surface area contributed by atoms with Crippen molar-refractivity contribution in [2.24, 2.45) is 0 Å². The fraction of sp³-hybridized carbons (Fsp3) is 0.333. The van der Waals surface area contributed by atoms with Gasteiger partial charge in [0.05, 0.1) is 0 Å². The SMILES string of the molecule is CCC(C)c1ccc(N2CCCc3cc(/C=C/C4=C(Cl)C(=C(\C#N)C(=O)O)/CCC4)ccc32)cc1. The number of hydrogen-bond donors (Lipinski definition) is 1. The van der Waals surface area contributed by atoms with Gasteiger partial charge in [0.2, 0.25) is 0 Å². The number of aliphatic carboxylic acids is 1. The van der Waals surface area contributed by atoms with E-state index in [9.17, 15) is 15.2 Å². The second kappa shape index (κ2) is 11.0. The lowest BCUT2D eigenvalue weighted by Crippen LogP contribution is -2.24. The first-order valence-corrected chi connectivity index (χ1v) is 12.7. The molecule has 35 heavy (non-hydrogen) atoms. The van der Waals surface area contributed by atoms with E-state index in [1.54, 1.807) is 6.07 Å². The van der Waals surface area contributed by atoms with Crippen molar-refractivity contribution >= 4 is 35.0 Å². The molecule has 1 heterocycles. The molecule has 0 saturated carbocycles. The van der Waals surface area contributed by atoms with Gasteiger partial charge in [-0.2, -0.15) is 5.26 Å². The zero-order valence-corrected chi connectivity index (χ0v) is 21.1. The van der Waals surface area contributed by atoms with Gasteiger partial charge in [0.1, 0.15) is 11.6 Å². The van der Waals surface area contributed by atoms with Gasteiger partial charge in [-0.05, 0) is 96.5 Å². The van der Waals surface area contributed by atoms with Gasteiger partial charge in [-0.25, -0.2) is 4.79 Å². The van der Waals surface area contributed by atoms with Crippen molar-refractivity contribution in [2.75, 3.05) is 11.4 Å². The maximum atomic E-state index is 11.4. The number of anilines is 2. The number of carboxylic acid groups (broad SMARTS) is 1. The third-order valence-corrected chi connectivity index (χ3v) is 7.60. The molecular formula is C30H31ClN2O2. The molecule has 0 fully saturated rings. The molecule has 0 amide bonds. The zero-order chi connectivity index (χ0) is 24.9. The summed E-state index contributed by atoms with van der Waals surface area (Å²) < 4.78 is 0. The lowest BCUT2D eigenvalue weighted by molar-refractivity contribution is -0.132. The van der Waals surface area contributed by atoms with Crippen molar-refractivity contribution in [3.05, 3.63) is 87.0 Å². The summed E-state index contributed by atoms with van der Waals surface area (Å²) in [6, 6.07) is 17.3. The van der Waals surface area contributed by atoms with E-state index >= 15 is 0 Å². The normalized spacial score (nSPS) is 18.3. The summed E-state index contributed by atoms with van der Waals surface area (Å²) in [5.74, 6) is -0.651. The van der Waals surface area contributed by atoms with Crippen LogP contribution in [0.4, 0.5) is 11.4 Å². The lowest BCUT2D eigenvalue weighted by atomic mass is 9.91. The van der Waals surface area contributed by atoms with Gasteiger partial charge in [-0.1, -0.05) is 55.8 Å². The molecule has 0 bridgehead atoms. The Hall–Kier alpha value is -3.29. The van der Waals surface area contributed by atoms with Crippen molar-refractivity contribution in [1.29, 1.82) is 5.26 Å². The van der Waals surface area contributed by atoms with Crippen LogP contribution in [0.15, 0.2) is 70.3 Å². The number of halogens is 1. The van der Waals surface area contributed by atoms with E-state index in [1.807, 2.05) is 12.2 Å². The van der Waals surface area contributed by atoms with Gasteiger partial charge >= 0.3 is 5.97 Å². The number of allylic oxidation sites excluding steroid dienone is 4. The first-order valence-electron chi connectivity index (χ1n) is 12.4. The molecule has 0 radical (unpaired) electrons. The third-order valence-electron chi connectivity index (χ3n) is 7.13. The second-order valence-corrected chi connectivity index (χ2v) is 9.72. The van der Waals surface area contributed by atoms with E-state index in [-0.39, 0.29) is 5.57 Å². The molecule has 0 spiro atoms. The van der Waals surface area contributed by atoms with Gasteiger partial charge in [-0.3, -0.25) is 0 Å². The second-order valence-electron chi connectivity index (χ2n) is 9.34. The summed E-state index contributed by atoms with van der Waals surface area (Å²) in [6.45, 7) is 5.50. The van der Waals surface area contributed by atoms with Gasteiger partial charge in [0.25, 0.3) is 0 Å². The third kappa shape index (κ3) is 5.36. The van der Waals surface area contributed by atoms with Gasteiger partial charge in [0, 0.05) is 23.0 Å². The molecule has 2 aliphatic rings. The molecule has 1 aliphatic carbocycles. The first kappa shape index (κ1) is 24.8. The van der Waals surface area contributed by atoms with Crippen LogP contribution in [0.25, 0.3) is 6.08 Å². The number of carboxylic acids is 1. The van der Waals surface area contributed by atoms with E-state index in [2.05, 4.69) is 61.2 Å². The minimum absolute atomic E-state index is 0.258. The average Bonchev–Trinajstić information content (AvgIpc) is 2.88. The minimum atomic E-state index is -1.22. The molecule has 180 valence electrons. The van der Waals surface area contributed by atoms with Crippen LogP contribution in [0.1, 0.15) is 68.6 Å². The molecule has 4 nitrogen and oxygen atoms in total. The van der Waals surface area contributed by atoms with Crippen molar-refractivity contribution in [2.45, 2.75) is 58.3 Å². The minimum Gasteiger partial charge on any atom is -0.477 e. The quantitative estimate of drug-likeness (QED) is 0.333. The Morgan fingerprint density at radius 1 is 1.14 bits per heavy atom. The Labute approximate surface area is 212 Å². The van der Waals surface area contributed by atoms with Gasteiger partial charge < -0.3 is 10.0 Å². The van der Waals surface area contributed by atoms with Crippen molar-refractivity contribution in [3.8, 4) is 6.07 Å². The Balaban J connectivity index is 1.58. The molecule has 1 unspecified atom stereocenters. The first-order chi connectivity index (χ1) is 16.9. The van der Waals surface area contributed by atoms with Crippen LogP contribution in [0, 0.1) is 11.3 Å². The summed E-state index contributed by atoms with van der Waals surface area (Å²) in [7, 11) is 0. The fourth-order valence-electron chi connectivity index (χ4n) is 4.91. The highest BCUT2D eigenvalue weighted by atomic mass is 35.5. The monoisotopic (exact) mass is 486 g/mol. The Bertz CT molecular complexity index is 1250. The lowest BCUT2D eigenvalue weighted by Gasteiger charge is -2.32. The number of aryl methyl sites for hydroxylation is 1. The van der Waals surface area contributed by atoms with Crippen LogP contribution in [-0.2, 0) is 11.2 Å². The van der Waals surface area contributed by atoms with Crippen molar-refractivity contribution < 1.29 is 9.90 Å². The van der Waals surface area contributed by atoms with Crippen LogP contribution in [0.2, 0.25) is 0 Å². The predicted octanol–water partition coefficient (Wildman–Crippen LogP) is 7.88. The Morgan fingerprint density at radius 2 is 1.91 bits per heavy atom.